The molecule has 2 aromatic carbocycles. The summed E-state index contributed by atoms with van der Waals surface area (Å²) in [6, 6.07) is 11.3. The SMILES string of the molecule is Cc1cccc(NS(=O)(=O)c2ccc(C(=O)NCC(C)CN)cc2)c1C.Cl. The summed E-state index contributed by atoms with van der Waals surface area (Å²) in [5, 5.41) is 2.78. The molecule has 8 heteroatoms. The third-order valence-electron chi connectivity index (χ3n) is 4.29. The zero-order valence-corrected chi connectivity index (χ0v) is 17.3. The van der Waals surface area contributed by atoms with Crippen molar-refractivity contribution in [3.8, 4) is 0 Å². The second kappa shape index (κ2) is 9.73. The lowest BCUT2D eigenvalue weighted by atomic mass is 10.1. The Hall–Kier alpha value is -2.09. The van der Waals surface area contributed by atoms with Crippen molar-refractivity contribution in [2.24, 2.45) is 11.7 Å². The summed E-state index contributed by atoms with van der Waals surface area (Å²) in [6.07, 6.45) is 0. The van der Waals surface area contributed by atoms with Crippen LogP contribution < -0.4 is 15.8 Å². The van der Waals surface area contributed by atoms with Gasteiger partial charge in [-0.25, -0.2) is 8.42 Å². The highest BCUT2D eigenvalue weighted by molar-refractivity contribution is 7.92. The summed E-state index contributed by atoms with van der Waals surface area (Å²) in [4.78, 5) is 12.2. The molecule has 27 heavy (non-hydrogen) atoms. The number of hydrogen-bond acceptors (Lipinski definition) is 4. The van der Waals surface area contributed by atoms with Crippen LogP contribution in [0.3, 0.4) is 0 Å². The molecule has 0 aliphatic carbocycles. The number of sulfonamides is 1. The second-order valence-electron chi connectivity index (χ2n) is 6.43. The number of anilines is 1. The number of nitrogens with two attached hydrogens (primary N) is 1. The largest absolute Gasteiger partial charge is 0.352 e. The standard InChI is InChI=1S/C19H25N3O3S.ClH/c1-13(11-20)12-21-19(23)16-7-9-17(10-8-16)26(24,25)22-18-6-4-5-14(2)15(18)3;/h4-10,13,22H,11-12,20H2,1-3H3,(H,21,23);1H. The number of carbonyl (C=O) groups is 1. The van der Waals surface area contributed by atoms with Crippen LogP contribution in [0.15, 0.2) is 47.4 Å². The molecule has 0 radical (unpaired) electrons. The molecule has 0 fully saturated rings. The fourth-order valence-corrected chi connectivity index (χ4v) is 3.43. The number of amides is 1. The number of nitrogens with one attached hydrogen (secondary N) is 2. The molecule has 0 aliphatic heterocycles. The molecule has 2 rings (SSSR count). The van der Waals surface area contributed by atoms with E-state index in [2.05, 4.69) is 10.0 Å². The van der Waals surface area contributed by atoms with Gasteiger partial charge in [0.25, 0.3) is 15.9 Å². The first-order valence-corrected chi connectivity index (χ1v) is 9.90. The van der Waals surface area contributed by atoms with Gasteiger partial charge in [-0.05, 0) is 67.8 Å². The molecule has 1 amide bonds. The van der Waals surface area contributed by atoms with Crippen LogP contribution in [-0.2, 0) is 10.0 Å². The van der Waals surface area contributed by atoms with E-state index in [1.807, 2.05) is 26.8 Å². The first-order valence-electron chi connectivity index (χ1n) is 8.42. The number of carbonyl (C=O) groups excluding carboxylic acids is 1. The average molecular weight is 412 g/mol. The van der Waals surface area contributed by atoms with Crippen molar-refractivity contribution in [2.75, 3.05) is 17.8 Å². The normalized spacial score (nSPS) is 12.0. The van der Waals surface area contributed by atoms with E-state index < -0.39 is 10.0 Å². The van der Waals surface area contributed by atoms with Crippen LogP contribution in [-0.4, -0.2) is 27.4 Å². The first-order chi connectivity index (χ1) is 12.2. The lowest BCUT2D eigenvalue weighted by Gasteiger charge is -2.13. The Morgan fingerprint density at radius 3 is 2.33 bits per heavy atom. The molecule has 1 atom stereocenters. The predicted octanol–water partition coefficient (Wildman–Crippen LogP) is 2.85. The van der Waals surface area contributed by atoms with Crippen LogP contribution in [0.4, 0.5) is 5.69 Å². The summed E-state index contributed by atoms with van der Waals surface area (Å²) in [5.74, 6) is -0.0721. The van der Waals surface area contributed by atoms with Gasteiger partial charge in [0.15, 0.2) is 0 Å². The Morgan fingerprint density at radius 1 is 1.11 bits per heavy atom. The van der Waals surface area contributed by atoms with E-state index in [-0.39, 0.29) is 29.1 Å². The smallest absolute Gasteiger partial charge is 0.261 e. The minimum Gasteiger partial charge on any atom is -0.352 e. The second-order valence-corrected chi connectivity index (χ2v) is 8.11. The van der Waals surface area contributed by atoms with Gasteiger partial charge in [-0.2, -0.15) is 0 Å². The predicted molar refractivity (Wildman–Crippen MR) is 111 cm³/mol. The van der Waals surface area contributed by atoms with Crippen molar-refractivity contribution < 1.29 is 13.2 Å². The Balaban J connectivity index is 0.00000364. The molecule has 0 aliphatic rings. The zero-order chi connectivity index (χ0) is 19.3. The molecule has 6 nitrogen and oxygen atoms in total. The number of benzene rings is 2. The average Bonchev–Trinajstić information content (AvgIpc) is 2.63. The van der Waals surface area contributed by atoms with Crippen molar-refractivity contribution in [3.63, 3.8) is 0 Å². The van der Waals surface area contributed by atoms with Gasteiger partial charge in [-0.3, -0.25) is 9.52 Å². The van der Waals surface area contributed by atoms with E-state index in [0.29, 0.717) is 24.3 Å². The molecule has 0 heterocycles. The molecule has 0 spiro atoms. The van der Waals surface area contributed by atoms with E-state index in [1.165, 1.54) is 24.3 Å². The topological polar surface area (TPSA) is 101 Å². The van der Waals surface area contributed by atoms with Gasteiger partial charge in [0, 0.05) is 12.1 Å². The van der Waals surface area contributed by atoms with Crippen LogP contribution in [0, 0.1) is 19.8 Å². The zero-order valence-electron chi connectivity index (χ0n) is 15.7. The summed E-state index contributed by atoms with van der Waals surface area (Å²) >= 11 is 0. The molecule has 4 N–H and O–H groups in total. The first kappa shape index (κ1) is 23.0. The minimum atomic E-state index is -3.72. The van der Waals surface area contributed by atoms with Crippen molar-refractivity contribution >= 4 is 34.0 Å². The van der Waals surface area contributed by atoms with Crippen molar-refractivity contribution in [2.45, 2.75) is 25.7 Å². The number of halogens is 1. The van der Waals surface area contributed by atoms with Crippen molar-refractivity contribution in [3.05, 3.63) is 59.2 Å². The van der Waals surface area contributed by atoms with Crippen LogP contribution in [0.25, 0.3) is 0 Å². The highest BCUT2D eigenvalue weighted by Crippen LogP contribution is 2.22. The maximum absolute atomic E-state index is 12.6. The Bertz CT molecular complexity index is 884. The fraction of sp³-hybridized carbons (Fsp3) is 0.316. The number of hydrogen-bond donors (Lipinski definition) is 3. The van der Waals surface area contributed by atoms with Crippen LogP contribution in [0.2, 0.25) is 0 Å². The Kier molecular flexibility index (Phi) is 8.27. The van der Waals surface area contributed by atoms with E-state index in [4.69, 9.17) is 5.73 Å². The summed E-state index contributed by atoms with van der Waals surface area (Å²) in [7, 11) is -3.72. The Labute approximate surface area is 167 Å². The van der Waals surface area contributed by atoms with E-state index in [1.54, 1.807) is 12.1 Å². The van der Waals surface area contributed by atoms with E-state index >= 15 is 0 Å². The van der Waals surface area contributed by atoms with E-state index in [9.17, 15) is 13.2 Å². The monoisotopic (exact) mass is 411 g/mol. The third kappa shape index (κ3) is 5.95. The molecule has 0 bridgehead atoms. The Morgan fingerprint density at radius 2 is 1.74 bits per heavy atom. The summed E-state index contributed by atoms with van der Waals surface area (Å²) in [5.41, 5.74) is 8.35. The molecule has 2 aromatic rings. The third-order valence-corrected chi connectivity index (χ3v) is 5.67. The highest BCUT2D eigenvalue weighted by Gasteiger charge is 2.16. The lowest BCUT2D eigenvalue weighted by molar-refractivity contribution is 0.0948. The van der Waals surface area contributed by atoms with Crippen LogP contribution >= 0.6 is 12.4 Å². The fourth-order valence-electron chi connectivity index (χ4n) is 2.30. The van der Waals surface area contributed by atoms with E-state index in [0.717, 1.165) is 11.1 Å². The molecule has 0 aromatic heterocycles. The lowest BCUT2D eigenvalue weighted by Crippen LogP contribution is -2.31. The van der Waals surface area contributed by atoms with Gasteiger partial charge < -0.3 is 11.1 Å². The molecule has 148 valence electrons. The van der Waals surface area contributed by atoms with Crippen molar-refractivity contribution in [1.82, 2.24) is 5.32 Å². The van der Waals surface area contributed by atoms with Crippen LogP contribution in [0.1, 0.15) is 28.4 Å². The van der Waals surface area contributed by atoms with Gasteiger partial charge in [0.05, 0.1) is 10.6 Å². The minimum absolute atomic E-state index is 0. The number of aryl methyl sites for hydroxylation is 1. The molecule has 0 saturated carbocycles. The quantitative estimate of drug-likeness (QED) is 0.651. The van der Waals surface area contributed by atoms with Gasteiger partial charge >= 0.3 is 0 Å². The van der Waals surface area contributed by atoms with Gasteiger partial charge in [-0.1, -0.05) is 19.1 Å². The maximum atomic E-state index is 12.6. The molecular weight excluding hydrogens is 386 g/mol. The molecular formula is C19H26ClN3O3S. The van der Waals surface area contributed by atoms with Gasteiger partial charge in [0.1, 0.15) is 0 Å². The molecule has 1 unspecified atom stereocenters. The van der Waals surface area contributed by atoms with Gasteiger partial charge in [-0.15, -0.1) is 12.4 Å². The molecule has 0 saturated heterocycles. The summed E-state index contributed by atoms with van der Waals surface area (Å²) < 4.78 is 27.7. The highest BCUT2D eigenvalue weighted by atomic mass is 35.5. The summed E-state index contributed by atoms with van der Waals surface area (Å²) in [6.45, 7) is 6.69. The maximum Gasteiger partial charge on any atom is 0.261 e. The number of rotatable bonds is 7. The van der Waals surface area contributed by atoms with Crippen molar-refractivity contribution in [1.29, 1.82) is 0 Å². The van der Waals surface area contributed by atoms with Crippen LogP contribution in [0.5, 0.6) is 0 Å². The van der Waals surface area contributed by atoms with Gasteiger partial charge in [0.2, 0.25) is 0 Å².